The van der Waals surface area contributed by atoms with Crippen molar-refractivity contribution in [1.82, 2.24) is 9.80 Å². The minimum atomic E-state index is -3.76. The zero-order chi connectivity index (χ0) is 35.2. The van der Waals surface area contributed by atoms with Crippen molar-refractivity contribution >= 4 is 43.9 Å². The number of sulfonamides is 1. The maximum absolute atomic E-state index is 13.8. The molecule has 2 fully saturated rings. The Bertz CT molecular complexity index is 1750. The number of morpholine rings is 2. The maximum Gasteiger partial charge on any atom is 0.296 e. The molecule has 12 nitrogen and oxygen atoms in total. The molecule has 0 aliphatic carbocycles. The van der Waals surface area contributed by atoms with Crippen LogP contribution in [-0.4, -0.2) is 122 Å². The second kappa shape index (κ2) is 15.9. The number of benzene rings is 3. The number of amides is 1. The molecule has 2 saturated heterocycles. The van der Waals surface area contributed by atoms with Crippen molar-refractivity contribution in [3.8, 4) is 11.5 Å². The average Bonchev–Trinajstić information content (AvgIpc) is 3.08. The summed E-state index contributed by atoms with van der Waals surface area (Å²) in [4.78, 5) is 31.9. The summed E-state index contributed by atoms with van der Waals surface area (Å²) in [7, 11) is -2.35. The number of fused-ring (bicyclic) bond motifs is 1. The molecule has 1 amide bonds. The molecule has 0 bridgehead atoms. The third-order valence-electron chi connectivity index (χ3n) is 8.88. The van der Waals surface area contributed by atoms with E-state index in [0.29, 0.717) is 63.8 Å². The van der Waals surface area contributed by atoms with E-state index in [0.717, 1.165) is 36.8 Å². The molecule has 0 radical (unpaired) electrons. The number of ketones is 1. The van der Waals surface area contributed by atoms with Crippen molar-refractivity contribution in [2.75, 3.05) is 102 Å². The molecule has 1 N–H and O–H groups in total. The minimum absolute atomic E-state index is 0.149. The number of ether oxygens (including phenoxy) is 4. The van der Waals surface area contributed by atoms with E-state index in [1.54, 1.807) is 30.3 Å². The predicted molar refractivity (Wildman–Crippen MR) is 191 cm³/mol. The van der Waals surface area contributed by atoms with Gasteiger partial charge in [-0.3, -0.25) is 23.7 Å². The summed E-state index contributed by atoms with van der Waals surface area (Å²) in [6, 6.07) is 14.2. The monoisotopic (exact) mass is 696 g/mol. The van der Waals surface area contributed by atoms with E-state index < -0.39 is 27.1 Å². The van der Waals surface area contributed by atoms with Gasteiger partial charge in [-0.25, -0.2) is 8.42 Å². The van der Waals surface area contributed by atoms with E-state index in [1.807, 2.05) is 39.0 Å². The van der Waals surface area contributed by atoms with Crippen LogP contribution in [-0.2, 0) is 29.7 Å². The SMILES string of the molecule is COc1c(NC(=O)C(=O)c2ccc(OCCN3CCOCC3)c3ccccc23)cc(C(C)(C)C)cc1N(CCN1CCOCC1)S(C)(=O)=O. The van der Waals surface area contributed by atoms with Gasteiger partial charge in [-0.1, -0.05) is 45.0 Å². The second-order valence-corrected chi connectivity index (χ2v) is 15.3. The topological polar surface area (TPSA) is 127 Å². The Labute approximate surface area is 289 Å². The number of anilines is 2. The van der Waals surface area contributed by atoms with Crippen molar-refractivity contribution in [2.45, 2.75) is 26.2 Å². The Morgan fingerprint density at radius 3 is 2.10 bits per heavy atom. The lowest BCUT2D eigenvalue weighted by Crippen LogP contribution is -2.43. The minimum Gasteiger partial charge on any atom is -0.492 e. The number of methoxy groups -OCH3 is 1. The van der Waals surface area contributed by atoms with E-state index in [2.05, 4.69) is 15.1 Å². The summed E-state index contributed by atoms with van der Waals surface area (Å²) in [6.45, 7) is 13.6. The normalized spacial score (nSPS) is 16.3. The van der Waals surface area contributed by atoms with Gasteiger partial charge in [0.1, 0.15) is 12.4 Å². The number of carbonyl (C=O) groups is 2. The standard InChI is InChI=1S/C36H48N4O8S/c1-36(2,3)26-24-30(34(45-4)31(25-26)40(49(5,43)44)13-12-38-14-19-46-20-15-38)37-35(42)33(41)29-10-11-32(28-9-7-6-8-27(28)29)48-23-18-39-16-21-47-22-17-39/h6-11,24-25H,12-23H2,1-5H3,(H,37,42). The van der Waals surface area contributed by atoms with Crippen LogP contribution in [0.3, 0.4) is 0 Å². The van der Waals surface area contributed by atoms with Crippen molar-refractivity contribution in [1.29, 1.82) is 0 Å². The number of hydrogen-bond donors (Lipinski definition) is 1. The number of nitrogens with one attached hydrogen (secondary N) is 1. The van der Waals surface area contributed by atoms with Gasteiger partial charge in [0.25, 0.3) is 11.7 Å². The van der Waals surface area contributed by atoms with Crippen molar-refractivity contribution in [3.05, 3.63) is 59.7 Å². The third-order valence-corrected chi connectivity index (χ3v) is 10.1. The highest BCUT2D eigenvalue weighted by Crippen LogP contribution is 2.42. The van der Waals surface area contributed by atoms with E-state index in [1.165, 1.54) is 11.4 Å². The van der Waals surface area contributed by atoms with Gasteiger partial charge in [0.2, 0.25) is 10.0 Å². The van der Waals surface area contributed by atoms with Crippen LogP contribution in [0.2, 0.25) is 0 Å². The van der Waals surface area contributed by atoms with E-state index in [9.17, 15) is 18.0 Å². The highest BCUT2D eigenvalue weighted by Gasteiger charge is 2.29. The summed E-state index contributed by atoms with van der Waals surface area (Å²) in [5.74, 6) is -0.841. The molecule has 13 heteroatoms. The van der Waals surface area contributed by atoms with Crippen LogP contribution in [0.1, 0.15) is 36.7 Å². The molecule has 266 valence electrons. The summed E-state index contributed by atoms with van der Waals surface area (Å²) in [5, 5.41) is 4.08. The van der Waals surface area contributed by atoms with Crippen LogP contribution in [0.15, 0.2) is 48.5 Å². The molecule has 2 aliphatic rings. The summed E-state index contributed by atoms with van der Waals surface area (Å²) in [5.41, 5.74) is 1.05. The van der Waals surface area contributed by atoms with Crippen LogP contribution in [0, 0.1) is 0 Å². The lowest BCUT2D eigenvalue weighted by molar-refractivity contribution is -0.112. The van der Waals surface area contributed by atoms with E-state index in [-0.39, 0.29) is 29.2 Å². The fourth-order valence-corrected chi connectivity index (χ4v) is 6.97. The van der Waals surface area contributed by atoms with Crippen LogP contribution in [0.4, 0.5) is 11.4 Å². The Morgan fingerprint density at radius 1 is 0.898 bits per heavy atom. The molecule has 2 heterocycles. The highest BCUT2D eigenvalue weighted by atomic mass is 32.2. The number of rotatable bonds is 13. The fourth-order valence-electron chi connectivity index (χ4n) is 6.07. The van der Waals surface area contributed by atoms with Crippen LogP contribution >= 0.6 is 0 Å². The first-order valence-corrected chi connectivity index (χ1v) is 18.5. The Kier molecular flexibility index (Phi) is 11.8. The molecular formula is C36H48N4O8S. The Balaban J connectivity index is 1.42. The molecule has 0 spiro atoms. The second-order valence-electron chi connectivity index (χ2n) is 13.4. The molecule has 0 unspecified atom stereocenters. The predicted octanol–water partition coefficient (Wildman–Crippen LogP) is 3.78. The molecule has 0 saturated carbocycles. The van der Waals surface area contributed by atoms with Gasteiger partial charge in [-0.15, -0.1) is 0 Å². The highest BCUT2D eigenvalue weighted by molar-refractivity contribution is 7.92. The van der Waals surface area contributed by atoms with Crippen molar-refractivity contribution in [2.24, 2.45) is 0 Å². The van der Waals surface area contributed by atoms with Gasteiger partial charge < -0.3 is 24.3 Å². The molecule has 3 aromatic rings. The first-order chi connectivity index (χ1) is 23.4. The molecule has 49 heavy (non-hydrogen) atoms. The lowest BCUT2D eigenvalue weighted by Gasteiger charge is -2.32. The number of Topliss-reactive ketones (excluding diaryl/α,β-unsaturated/α-hetero) is 1. The van der Waals surface area contributed by atoms with Gasteiger partial charge in [0.15, 0.2) is 5.75 Å². The first kappa shape index (κ1) is 36.5. The van der Waals surface area contributed by atoms with E-state index in [4.69, 9.17) is 18.9 Å². The molecule has 2 aliphatic heterocycles. The van der Waals surface area contributed by atoms with Crippen molar-refractivity contribution in [3.63, 3.8) is 0 Å². The van der Waals surface area contributed by atoms with Gasteiger partial charge in [0.05, 0.1) is 51.2 Å². The number of carbonyl (C=O) groups excluding carboxylic acids is 2. The smallest absolute Gasteiger partial charge is 0.296 e. The zero-order valence-electron chi connectivity index (χ0n) is 29.1. The molecule has 0 aromatic heterocycles. The Morgan fingerprint density at radius 2 is 1.51 bits per heavy atom. The summed E-state index contributed by atoms with van der Waals surface area (Å²) < 4.78 is 50.5. The van der Waals surface area contributed by atoms with Crippen LogP contribution < -0.4 is 19.1 Å². The molecular weight excluding hydrogens is 648 g/mol. The van der Waals surface area contributed by atoms with Gasteiger partial charge in [-0.2, -0.15) is 0 Å². The summed E-state index contributed by atoms with van der Waals surface area (Å²) >= 11 is 0. The van der Waals surface area contributed by atoms with Crippen molar-refractivity contribution < 1.29 is 37.0 Å². The maximum atomic E-state index is 13.8. The quantitative estimate of drug-likeness (QED) is 0.209. The zero-order valence-corrected chi connectivity index (χ0v) is 29.9. The van der Waals surface area contributed by atoms with Crippen LogP contribution in [0.5, 0.6) is 11.5 Å². The number of nitrogens with zero attached hydrogens (tertiary/aromatic N) is 3. The van der Waals surface area contributed by atoms with Gasteiger partial charge >= 0.3 is 0 Å². The fraction of sp³-hybridized carbons (Fsp3) is 0.500. The van der Waals surface area contributed by atoms with E-state index >= 15 is 0 Å². The van der Waals surface area contributed by atoms with Crippen LogP contribution in [0.25, 0.3) is 10.8 Å². The molecule has 0 atom stereocenters. The van der Waals surface area contributed by atoms with Gasteiger partial charge in [-0.05, 0) is 40.6 Å². The van der Waals surface area contributed by atoms with Gasteiger partial charge in [0, 0.05) is 56.8 Å². The largest absolute Gasteiger partial charge is 0.492 e. The molecule has 5 rings (SSSR count). The third kappa shape index (κ3) is 9.08. The lowest BCUT2D eigenvalue weighted by atomic mass is 9.86. The Hall–Kier alpha value is -3.75. The summed E-state index contributed by atoms with van der Waals surface area (Å²) in [6.07, 6.45) is 1.15. The first-order valence-electron chi connectivity index (χ1n) is 16.7. The molecule has 3 aromatic carbocycles. The number of hydrogen-bond acceptors (Lipinski definition) is 10. The average molecular weight is 697 g/mol.